The minimum Gasteiger partial charge on any atom is -0.251 e. The molecule has 23 heavy (non-hydrogen) atoms. The molecule has 3 aromatic rings. The van der Waals surface area contributed by atoms with Gasteiger partial charge in [-0.1, -0.05) is 84.9 Å². The van der Waals surface area contributed by atoms with E-state index >= 15 is 0 Å². The van der Waals surface area contributed by atoms with Gasteiger partial charge < -0.3 is 0 Å². The van der Waals surface area contributed by atoms with Crippen molar-refractivity contribution in [2.45, 2.75) is 12.8 Å². The van der Waals surface area contributed by atoms with Gasteiger partial charge in [-0.15, -0.1) is 0 Å². The lowest BCUT2D eigenvalue weighted by molar-refractivity contribution is 0.473. The molecule has 0 aliphatic carbocycles. The van der Waals surface area contributed by atoms with Gasteiger partial charge in [0.1, 0.15) is 0 Å². The maximum absolute atomic E-state index is 12.3. The fourth-order valence-corrected chi connectivity index (χ4v) is 4.97. The third-order valence-electron chi connectivity index (χ3n) is 3.82. The molecule has 0 heterocycles. The van der Waals surface area contributed by atoms with Crippen LogP contribution in [0.25, 0.3) is 0 Å². The molecule has 3 rings (SSSR count). The summed E-state index contributed by atoms with van der Waals surface area (Å²) in [6, 6.07) is 30.0. The Kier molecular flexibility index (Phi) is 5.56. The smallest absolute Gasteiger partial charge is 0.0897 e. The Morgan fingerprint density at radius 2 is 1.09 bits per heavy atom. The molecule has 0 spiro atoms. The lowest BCUT2D eigenvalue weighted by atomic mass is 10.1. The van der Waals surface area contributed by atoms with E-state index in [9.17, 15) is 4.39 Å². The molecule has 0 atom stereocenters. The van der Waals surface area contributed by atoms with Crippen molar-refractivity contribution in [2.75, 3.05) is 6.67 Å². The Balaban J connectivity index is 1.96. The summed E-state index contributed by atoms with van der Waals surface area (Å²) in [5, 5.41) is 4.04. The first-order chi connectivity index (χ1) is 11.4. The first kappa shape index (κ1) is 15.9. The maximum atomic E-state index is 12.3. The zero-order chi connectivity index (χ0) is 15.9. The molecule has 0 aliphatic rings. The van der Waals surface area contributed by atoms with Crippen LogP contribution in [0.5, 0.6) is 0 Å². The van der Waals surface area contributed by atoms with Crippen LogP contribution >= 0.6 is 7.92 Å². The highest BCUT2D eigenvalue weighted by Gasteiger charge is 2.15. The Labute approximate surface area is 138 Å². The topological polar surface area (TPSA) is 0 Å². The zero-order valence-corrected chi connectivity index (χ0v) is 13.9. The van der Waals surface area contributed by atoms with Crippen LogP contribution in [0.3, 0.4) is 0 Å². The number of aryl methyl sites for hydroxylation is 1. The lowest BCUT2D eigenvalue weighted by Crippen LogP contribution is -2.20. The van der Waals surface area contributed by atoms with Crippen LogP contribution in [-0.4, -0.2) is 6.67 Å². The van der Waals surface area contributed by atoms with Crippen molar-refractivity contribution in [3.63, 3.8) is 0 Å². The summed E-state index contributed by atoms with van der Waals surface area (Å²) in [4.78, 5) is 0. The monoisotopic (exact) mass is 322 g/mol. The molecule has 0 nitrogen and oxygen atoms in total. The molecule has 0 amide bonds. The number of alkyl halides is 1. The second kappa shape index (κ2) is 8.04. The highest BCUT2D eigenvalue weighted by Crippen LogP contribution is 2.32. The molecule has 2 heteroatoms. The molecule has 3 aromatic carbocycles. The Bertz CT molecular complexity index is 668. The summed E-state index contributed by atoms with van der Waals surface area (Å²) >= 11 is 0. The maximum Gasteiger partial charge on any atom is 0.0897 e. The number of hydrogen-bond acceptors (Lipinski definition) is 0. The summed E-state index contributed by atoms with van der Waals surface area (Å²) < 4.78 is 12.3. The molecule has 0 saturated heterocycles. The van der Waals surface area contributed by atoms with Crippen molar-refractivity contribution in [3.8, 4) is 0 Å². The number of benzene rings is 3. The van der Waals surface area contributed by atoms with E-state index in [0.29, 0.717) is 6.42 Å². The van der Waals surface area contributed by atoms with E-state index in [1.54, 1.807) is 0 Å². The first-order valence-electron chi connectivity index (χ1n) is 7.93. The van der Waals surface area contributed by atoms with E-state index in [4.69, 9.17) is 0 Å². The van der Waals surface area contributed by atoms with Crippen LogP contribution in [-0.2, 0) is 6.42 Å². The summed E-state index contributed by atoms with van der Waals surface area (Å²) in [6.07, 6.45) is 1.41. The quantitative estimate of drug-likeness (QED) is 0.592. The summed E-state index contributed by atoms with van der Waals surface area (Å²) in [5.74, 6) is 0. The molecule has 0 N–H and O–H groups in total. The normalized spacial score (nSPS) is 10.9. The fraction of sp³-hybridized carbons (Fsp3) is 0.143. The Hall–Kier alpha value is -1.98. The van der Waals surface area contributed by atoms with Gasteiger partial charge >= 0.3 is 0 Å². The van der Waals surface area contributed by atoms with Crippen LogP contribution in [0.4, 0.5) is 4.39 Å². The van der Waals surface area contributed by atoms with E-state index < -0.39 is 7.92 Å². The second-order valence-electron chi connectivity index (χ2n) is 5.47. The average Bonchev–Trinajstić information content (AvgIpc) is 2.63. The lowest BCUT2D eigenvalue weighted by Gasteiger charge is -2.19. The van der Waals surface area contributed by atoms with E-state index in [1.807, 2.05) is 0 Å². The van der Waals surface area contributed by atoms with Gasteiger partial charge in [-0.05, 0) is 42.2 Å². The Morgan fingerprint density at radius 1 is 0.609 bits per heavy atom. The van der Waals surface area contributed by atoms with Crippen LogP contribution in [0.15, 0.2) is 84.9 Å². The molecule has 0 unspecified atom stereocenters. The standard InChI is InChI=1S/C21H20FP/c22-17-7-8-18-13-15-21(16-14-18)23(19-9-3-1-4-10-19)20-11-5-2-6-12-20/h1-6,9-16H,7-8,17H2. The van der Waals surface area contributed by atoms with Gasteiger partial charge in [0.25, 0.3) is 0 Å². The van der Waals surface area contributed by atoms with E-state index in [-0.39, 0.29) is 6.67 Å². The van der Waals surface area contributed by atoms with E-state index in [1.165, 1.54) is 21.5 Å². The first-order valence-corrected chi connectivity index (χ1v) is 9.28. The minimum atomic E-state index is -0.545. The second-order valence-corrected chi connectivity index (χ2v) is 7.69. The average molecular weight is 322 g/mol. The predicted molar refractivity (Wildman–Crippen MR) is 99.4 cm³/mol. The van der Waals surface area contributed by atoms with Gasteiger partial charge in [-0.2, -0.15) is 0 Å². The third kappa shape index (κ3) is 4.06. The van der Waals surface area contributed by atoms with Crippen molar-refractivity contribution < 1.29 is 4.39 Å². The molecule has 0 fully saturated rings. The van der Waals surface area contributed by atoms with Crippen molar-refractivity contribution in [2.24, 2.45) is 0 Å². The fourth-order valence-electron chi connectivity index (χ4n) is 2.68. The summed E-state index contributed by atoms with van der Waals surface area (Å²) in [7, 11) is -0.545. The Morgan fingerprint density at radius 3 is 1.57 bits per heavy atom. The molecule has 0 saturated carbocycles. The minimum absolute atomic E-state index is 0.248. The van der Waals surface area contributed by atoms with Crippen LogP contribution in [0, 0.1) is 0 Å². The largest absolute Gasteiger partial charge is 0.251 e. The van der Waals surface area contributed by atoms with E-state index in [0.717, 1.165) is 6.42 Å². The highest BCUT2D eigenvalue weighted by atomic mass is 31.1. The zero-order valence-electron chi connectivity index (χ0n) is 13.0. The highest BCUT2D eigenvalue weighted by molar-refractivity contribution is 7.79. The molecular weight excluding hydrogens is 302 g/mol. The van der Waals surface area contributed by atoms with Gasteiger partial charge in [0, 0.05) is 0 Å². The number of rotatable bonds is 6. The van der Waals surface area contributed by atoms with Crippen molar-refractivity contribution in [3.05, 3.63) is 90.5 Å². The van der Waals surface area contributed by atoms with Gasteiger partial charge in [0.2, 0.25) is 0 Å². The van der Waals surface area contributed by atoms with Crippen LogP contribution < -0.4 is 15.9 Å². The molecule has 0 bridgehead atoms. The van der Waals surface area contributed by atoms with Crippen molar-refractivity contribution in [1.29, 1.82) is 0 Å². The van der Waals surface area contributed by atoms with Gasteiger partial charge in [-0.25, -0.2) is 0 Å². The van der Waals surface area contributed by atoms with Crippen molar-refractivity contribution in [1.82, 2.24) is 0 Å². The van der Waals surface area contributed by atoms with E-state index in [2.05, 4.69) is 84.9 Å². The third-order valence-corrected chi connectivity index (χ3v) is 6.27. The number of hydrogen-bond donors (Lipinski definition) is 0. The van der Waals surface area contributed by atoms with Crippen LogP contribution in [0.2, 0.25) is 0 Å². The summed E-state index contributed by atoms with van der Waals surface area (Å²) in [6.45, 7) is -0.248. The molecular formula is C21H20FP. The van der Waals surface area contributed by atoms with Crippen LogP contribution in [0.1, 0.15) is 12.0 Å². The predicted octanol–water partition coefficient (Wildman–Crippen LogP) is 4.35. The molecule has 116 valence electrons. The van der Waals surface area contributed by atoms with Gasteiger partial charge in [0.05, 0.1) is 6.67 Å². The van der Waals surface area contributed by atoms with Gasteiger partial charge in [-0.3, -0.25) is 4.39 Å². The SMILES string of the molecule is FCCCc1ccc(P(c2ccccc2)c2ccccc2)cc1. The molecule has 0 aromatic heterocycles. The summed E-state index contributed by atoms with van der Waals surface area (Å²) in [5.41, 5.74) is 1.21. The van der Waals surface area contributed by atoms with Crippen molar-refractivity contribution >= 4 is 23.8 Å². The number of halogens is 1. The molecule has 0 radical (unpaired) electrons. The molecule has 0 aliphatic heterocycles. The van der Waals surface area contributed by atoms with Gasteiger partial charge in [0.15, 0.2) is 0 Å².